The summed E-state index contributed by atoms with van der Waals surface area (Å²) in [6, 6.07) is 0. The molecule has 0 heterocycles. The van der Waals surface area contributed by atoms with Gasteiger partial charge in [0.05, 0.1) is 13.2 Å². The topological polar surface area (TPSA) is 100 Å². The highest BCUT2D eigenvalue weighted by Gasteiger charge is 1.95. The first kappa shape index (κ1) is 12.7. The van der Waals surface area contributed by atoms with Crippen LogP contribution in [-0.4, -0.2) is 37.1 Å². The van der Waals surface area contributed by atoms with E-state index in [2.05, 4.69) is 10.3 Å². The average molecular weight is 216 g/mol. The number of hydrogen-bond acceptors (Lipinski definition) is 5. The Labute approximate surface area is 86.5 Å². The van der Waals surface area contributed by atoms with E-state index in [0.717, 1.165) is 0 Å². The fourth-order valence-corrected chi connectivity index (χ4v) is 0.956. The normalized spacial score (nSPS) is 10.7. The molecule has 0 rings (SSSR count). The van der Waals surface area contributed by atoms with Crippen LogP contribution in [0.3, 0.4) is 0 Å². The molecule has 0 aromatic carbocycles. The first-order valence-corrected chi connectivity index (χ1v) is 5.02. The molecule has 0 saturated heterocycles. The summed E-state index contributed by atoms with van der Waals surface area (Å²) in [5.41, 5.74) is 4.85. The fraction of sp³-hybridized carbons (Fsp3) is 0.571. The zero-order valence-electron chi connectivity index (χ0n) is 7.82. The Kier molecular flexibility index (Phi) is 7.59. The summed E-state index contributed by atoms with van der Waals surface area (Å²) in [5, 5.41) is 11.2. The Morgan fingerprint density at radius 3 is 3.00 bits per heavy atom. The van der Waals surface area contributed by atoms with Gasteiger partial charge in [-0.3, -0.25) is 15.1 Å². The van der Waals surface area contributed by atoms with Crippen molar-refractivity contribution in [3.8, 4) is 6.19 Å². The van der Waals surface area contributed by atoms with E-state index in [1.54, 1.807) is 12.4 Å². The predicted octanol–water partition coefficient (Wildman–Crippen LogP) is -0.722. The Morgan fingerprint density at radius 1 is 1.79 bits per heavy atom. The number of thioether (sulfide) groups is 1. The summed E-state index contributed by atoms with van der Waals surface area (Å²) >= 11 is 1.33. The zero-order valence-corrected chi connectivity index (χ0v) is 8.63. The molecule has 0 unspecified atom stereocenters. The number of nitrogens with two attached hydrogens (primary N) is 1. The van der Waals surface area contributed by atoms with E-state index in [9.17, 15) is 4.79 Å². The molecule has 0 aliphatic rings. The van der Waals surface area contributed by atoms with Gasteiger partial charge in [-0.15, -0.1) is 0 Å². The van der Waals surface area contributed by atoms with Gasteiger partial charge in [0.2, 0.25) is 5.91 Å². The number of carbonyl (C=O) groups excluding carboxylic acids is 1. The Hall–Kier alpha value is -1.26. The lowest BCUT2D eigenvalue weighted by Gasteiger charge is -2.00. The molecule has 6 nitrogen and oxygen atoms in total. The van der Waals surface area contributed by atoms with Crippen LogP contribution in [0.15, 0.2) is 4.99 Å². The molecule has 0 bridgehead atoms. The van der Waals surface area contributed by atoms with Crippen molar-refractivity contribution in [1.82, 2.24) is 5.32 Å². The third kappa shape index (κ3) is 7.39. The molecule has 0 aliphatic heterocycles. The van der Waals surface area contributed by atoms with Crippen LogP contribution in [0, 0.1) is 11.5 Å². The van der Waals surface area contributed by atoms with Gasteiger partial charge in [-0.2, -0.15) is 5.26 Å². The molecule has 0 radical (unpaired) electrons. The van der Waals surface area contributed by atoms with Gasteiger partial charge in [-0.05, 0) is 6.26 Å². The molecular weight excluding hydrogens is 204 g/mol. The highest BCUT2D eigenvalue weighted by atomic mass is 32.2. The summed E-state index contributed by atoms with van der Waals surface area (Å²) in [7, 11) is 0. The quantitative estimate of drug-likeness (QED) is 0.208. The first-order chi connectivity index (χ1) is 6.70. The fourth-order valence-electron chi connectivity index (χ4n) is 0.587. The van der Waals surface area contributed by atoms with Gasteiger partial charge >= 0.3 is 0 Å². The maximum atomic E-state index is 10.3. The van der Waals surface area contributed by atoms with Gasteiger partial charge < -0.3 is 10.5 Å². The SMILES string of the molecule is CSC(=NCCOCC(N)=O)NC#N. The molecule has 14 heavy (non-hydrogen) atoms. The van der Waals surface area contributed by atoms with Crippen LogP contribution >= 0.6 is 11.8 Å². The Bertz CT molecular complexity index is 249. The largest absolute Gasteiger partial charge is 0.370 e. The second-order valence-corrected chi connectivity index (χ2v) is 2.94. The standard InChI is InChI=1S/C7H12N4O2S/c1-14-7(11-5-8)10-2-3-13-4-6(9)12/h2-4H2,1H3,(H2,9,12)(H,10,11). The van der Waals surface area contributed by atoms with E-state index in [4.69, 9.17) is 15.7 Å². The molecule has 0 spiro atoms. The van der Waals surface area contributed by atoms with E-state index < -0.39 is 5.91 Å². The van der Waals surface area contributed by atoms with Crippen molar-refractivity contribution >= 4 is 22.8 Å². The van der Waals surface area contributed by atoms with Crippen LogP contribution in [0.4, 0.5) is 0 Å². The van der Waals surface area contributed by atoms with Crippen molar-refractivity contribution in [2.75, 3.05) is 26.0 Å². The lowest BCUT2D eigenvalue weighted by molar-refractivity contribution is -0.122. The number of nitrogens with zero attached hydrogens (tertiary/aromatic N) is 2. The maximum Gasteiger partial charge on any atom is 0.243 e. The minimum absolute atomic E-state index is 0.101. The van der Waals surface area contributed by atoms with Crippen molar-refractivity contribution in [1.29, 1.82) is 5.26 Å². The van der Waals surface area contributed by atoms with Crippen LogP contribution in [0.2, 0.25) is 0 Å². The number of primary amides is 1. The smallest absolute Gasteiger partial charge is 0.243 e. The number of amides is 1. The molecule has 0 fully saturated rings. The highest BCUT2D eigenvalue weighted by Crippen LogP contribution is 1.93. The Balaban J connectivity index is 3.58. The van der Waals surface area contributed by atoms with Crippen LogP contribution in [0.5, 0.6) is 0 Å². The summed E-state index contributed by atoms with van der Waals surface area (Å²) in [6.45, 7) is 0.591. The van der Waals surface area contributed by atoms with Crippen LogP contribution in [0.1, 0.15) is 0 Å². The van der Waals surface area contributed by atoms with Crippen molar-refractivity contribution < 1.29 is 9.53 Å². The highest BCUT2D eigenvalue weighted by molar-refractivity contribution is 8.13. The van der Waals surface area contributed by atoms with Gasteiger partial charge in [0, 0.05) is 0 Å². The van der Waals surface area contributed by atoms with Crippen molar-refractivity contribution in [2.45, 2.75) is 0 Å². The molecule has 0 saturated carbocycles. The zero-order chi connectivity index (χ0) is 10.8. The third-order valence-electron chi connectivity index (χ3n) is 1.09. The summed E-state index contributed by atoms with van der Waals surface area (Å²) in [4.78, 5) is 14.3. The number of nitrogens with one attached hydrogen (secondary N) is 1. The maximum absolute atomic E-state index is 10.3. The van der Waals surface area contributed by atoms with Crippen LogP contribution in [0.25, 0.3) is 0 Å². The average Bonchev–Trinajstić information content (AvgIpc) is 2.15. The van der Waals surface area contributed by atoms with E-state index in [1.807, 2.05) is 0 Å². The van der Waals surface area contributed by atoms with E-state index in [0.29, 0.717) is 18.3 Å². The van der Waals surface area contributed by atoms with Gasteiger partial charge in [-0.1, -0.05) is 11.8 Å². The van der Waals surface area contributed by atoms with Crippen molar-refractivity contribution in [3.05, 3.63) is 0 Å². The van der Waals surface area contributed by atoms with E-state index in [-0.39, 0.29) is 6.61 Å². The molecule has 0 aromatic heterocycles. The molecule has 0 aliphatic carbocycles. The molecule has 1 amide bonds. The minimum atomic E-state index is -0.505. The first-order valence-electron chi connectivity index (χ1n) is 3.80. The lowest BCUT2D eigenvalue weighted by atomic mass is 10.6. The predicted molar refractivity (Wildman–Crippen MR) is 54.6 cm³/mol. The van der Waals surface area contributed by atoms with Crippen LogP contribution < -0.4 is 11.1 Å². The Morgan fingerprint density at radius 2 is 2.50 bits per heavy atom. The molecule has 0 aromatic rings. The van der Waals surface area contributed by atoms with Gasteiger partial charge in [0.25, 0.3) is 0 Å². The number of amidine groups is 1. The second-order valence-electron chi connectivity index (χ2n) is 2.15. The number of carbonyl (C=O) groups is 1. The monoisotopic (exact) mass is 216 g/mol. The number of hydrogen-bond donors (Lipinski definition) is 2. The summed E-state index contributed by atoms with van der Waals surface area (Å²) < 4.78 is 4.87. The second kappa shape index (κ2) is 8.34. The minimum Gasteiger partial charge on any atom is -0.370 e. The number of ether oxygens (including phenoxy) is 1. The molecular formula is C7H12N4O2S. The molecule has 0 atom stereocenters. The molecule has 78 valence electrons. The third-order valence-corrected chi connectivity index (χ3v) is 1.71. The van der Waals surface area contributed by atoms with Crippen LogP contribution in [-0.2, 0) is 9.53 Å². The van der Waals surface area contributed by atoms with Gasteiger partial charge in [0.15, 0.2) is 11.4 Å². The summed E-state index contributed by atoms with van der Waals surface area (Å²) in [6.07, 6.45) is 3.56. The van der Waals surface area contributed by atoms with Crippen molar-refractivity contribution in [2.24, 2.45) is 10.7 Å². The van der Waals surface area contributed by atoms with E-state index in [1.165, 1.54) is 11.8 Å². The lowest BCUT2D eigenvalue weighted by Crippen LogP contribution is -2.19. The van der Waals surface area contributed by atoms with Crippen molar-refractivity contribution in [3.63, 3.8) is 0 Å². The number of rotatable bonds is 5. The van der Waals surface area contributed by atoms with Gasteiger partial charge in [-0.25, -0.2) is 0 Å². The number of aliphatic imine (C=N–C) groups is 1. The van der Waals surface area contributed by atoms with E-state index >= 15 is 0 Å². The molecule has 3 N–H and O–H groups in total. The number of nitriles is 1. The summed E-state index contributed by atoms with van der Waals surface area (Å²) in [5.74, 6) is -0.505. The van der Waals surface area contributed by atoms with Gasteiger partial charge in [0.1, 0.15) is 6.61 Å². The molecule has 7 heteroatoms.